The Kier molecular flexibility index (Phi) is 8.06. The maximum absolute atomic E-state index is 15.2. The third kappa shape index (κ3) is 6.56. The highest BCUT2D eigenvalue weighted by atomic mass is 19.1. The lowest BCUT2D eigenvalue weighted by atomic mass is 9.97. The molecule has 0 aliphatic rings. The van der Waals surface area contributed by atoms with Gasteiger partial charge >= 0.3 is 5.97 Å². The number of aliphatic carboxylic acids is 1. The second kappa shape index (κ2) is 11.0. The lowest BCUT2D eigenvalue weighted by molar-refractivity contribution is -0.136. The molecular weight excluding hydrogens is 419 g/mol. The highest BCUT2D eigenvalue weighted by Crippen LogP contribution is 2.31. The minimum absolute atomic E-state index is 0.118. The van der Waals surface area contributed by atoms with E-state index in [-0.39, 0.29) is 18.8 Å². The summed E-state index contributed by atoms with van der Waals surface area (Å²) in [5.41, 5.74) is 9.93. The number of anilines is 1. The molecule has 0 saturated carbocycles. The van der Waals surface area contributed by atoms with Crippen LogP contribution in [0, 0.1) is 11.7 Å². The van der Waals surface area contributed by atoms with Crippen LogP contribution in [0.25, 0.3) is 11.1 Å². The summed E-state index contributed by atoms with van der Waals surface area (Å²) < 4.78 is 21.2. The minimum Gasteiger partial charge on any atom is -0.489 e. The Morgan fingerprint density at radius 1 is 1.09 bits per heavy atom. The SMILES string of the molecule is CC(C)CNc1cc(COc2ccccc2CC(=O)O)cc(-c2cccc([C@@H](C)N)c2F)c1. The van der Waals surface area contributed by atoms with E-state index >= 15 is 4.39 Å². The van der Waals surface area contributed by atoms with Gasteiger partial charge in [0.05, 0.1) is 6.42 Å². The molecule has 0 aromatic heterocycles. The average Bonchev–Trinajstić information content (AvgIpc) is 2.76. The fourth-order valence-corrected chi connectivity index (χ4v) is 3.59. The van der Waals surface area contributed by atoms with Crippen LogP contribution in [0.3, 0.4) is 0 Å². The van der Waals surface area contributed by atoms with E-state index in [2.05, 4.69) is 19.2 Å². The average molecular weight is 451 g/mol. The maximum atomic E-state index is 15.2. The van der Waals surface area contributed by atoms with Gasteiger partial charge in [0.15, 0.2) is 0 Å². The number of carbonyl (C=O) groups is 1. The van der Waals surface area contributed by atoms with Gasteiger partial charge < -0.3 is 20.9 Å². The van der Waals surface area contributed by atoms with Crippen LogP contribution in [-0.2, 0) is 17.8 Å². The number of benzene rings is 3. The van der Waals surface area contributed by atoms with Crippen LogP contribution in [0.4, 0.5) is 10.1 Å². The van der Waals surface area contributed by atoms with E-state index in [9.17, 15) is 4.79 Å². The van der Waals surface area contributed by atoms with Crippen molar-refractivity contribution in [3.63, 3.8) is 0 Å². The zero-order chi connectivity index (χ0) is 24.0. The van der Waals surface area contributed by atoms with Crippen molar-refractivity contribution >= 4 is 11.7 Å². The summed E-state index contributed by atoms with van der Waals surface area (Å²) in [5, 5.41) is 12.6. The molecule has 0 saturated heterocycles. The van der Waals surface area contributed by atoms with Gasteiger partial charge in [0.25, 0.3) is 0 Å². The lowest BCUT2D eigenvalue weighted by Gasteiger charge is -2.16. The third-order valence-electron chi connectivity index (χ3n) is 5.25. The molecule has 0 bridgehead atoms. The fourth-order valence-electron chi connectivity index (χ4n) is 3.59. The first kappa shape index (κ1) is 24.3. The summed E-state index contributed by atoms with van der Waals surface area (Å²) in [6.07, 6.45) is -0.118. The van der Waals surface area contributed by atoms with Crippen molar-refractivity contribution in [3.8, 4) is 16.9 Å². The molecule has 5 nitrogen and oxygen atoms in total. The van der Waals surface area contributed by atoms with Crippen LogP contribution < -0.4 is 15.8 Å². The Hall–Kier alpha value is -3.38. The minimum atomic E-state index is -0.919. The number of carboxylic acids is 1. The zero-order valence-corrected chi connectivity index (χ0v) is 19.3. The number of carboxylic acid groups (broad SMARTS) is 1. The molecule has 174 valence electrons. The van der Waals surface area contributed by atoms with Gasteiger partial charge in [-0.3, -0.25) is 4.79 Å². The van der Waals surface area contributed by atoms with E-state index in [1.54, 1.807) is 37.3 Å². The van der Waals surface area contributed by atoms with Gasteiger partial charge in [-0.15, -0.1) is 0 Å². The van der Waals surface area contributed by atoms with Crippen molar-refractivity contribution in [1.82, 2.24) is 0 Å². The number of nitrogens with two attached hydrogens (primary N) is 1. The van der Waals surface area contributed by atoms with Crippen LogP contribution in [0.2, 0.25) is 0 Å². The number of rotatable bonds is 10. The first-order valence-electron chi connectivity index (χ1n) is 11.1. The molecule has 0 spiro atoms. The number of hydrogen-bond donors (Lipinski definition) is 3. The van der Waals surface area contributed by atoms with Crippen LogP contribution in [0.5, 0.6) is 5.75 Å². The second-order valence-corrected chi connectivity index (χ2v) is 8.66. The van der Waals surface area contributed by atoms with Gasteiger partial charge in [-0.1, -0.05) is 50.2 Å². The van der Waals surface area contributed by atoms with E-state index in [0.717, 1.165) is 23.4 Å². The van der Waals surface area contributed by atoms with Crippen molar-refractivity contribution in [2.45, 2.75) is 39.8 Å². The third-order valence-corrected chi connectivity index (χ3v) is 5.25. The van der Waals surface area contributed by atoms with Crippen molar-refractivity contribution in [1.29, 1.82) is 0 Å². The van der Waals surface area contributed by atoms with E-state index in [0.29, 0.717) is 28.4 Å². The Labute approximate surface area is 194 Å². The van der Waals surface area contributed by atoms with E-state index in [1.165, 1.54) is 0 Å². The summed E-state index contributed by atoms with van der Waals surface area (Å²) in [4.78, 5) is 11.2. The Balaban J connectivity index is 1.95. The molecule has 0 heterocycles. The van der Waals surface area contributed by atoms with Crippen LogP contribution in [0.1, 0.15) is 43.5 Å². The number of para-hydroxylation sites is 1. The molecule has 3 rings (SSSR count). The van der Waals surface area contributed by atoms with Crippen molar-refractivity contribution in [2.24, 2.45) is 11.7 Å². The van der Waals surface area contributed by atoms with E-state index < -0.39 is 12.0 Å². The zero-order valence-electron chi connectivity index (χ0n) is 19.3. The van der Waals surface area contributed by atoms with Gasteiger partial charge in [0.2, 0.25) is 0 Å². The maximum Gasteiger partial charge on any atom is 0.307 e. The fraction of sp³-hybridized carbons (Fsp3) is 0.296. The highest BCUT2D eigenvalue weighted by Gasteiger charge is 2.15. The molecule has 33 heavy (non-hydrogen) atoms. The normalized spacial score (nSPS) is 11.9. The van der Waals surface area contributed by atoms with Crippen molar-refractivity contribution < 1.29 is 19.0 Å². The largest absolute Gasteiger partial charge is 0.489 e. The van der Waals surface area contributed by atoms with Crippen LogP contribution in [0.15, 0.2) is 60.7 Å². The molecule has 3 aromatic carbocycles. The van der Waals surface area contributed by atoms with Crippen LogP contribution in [-0.4, -0.2) is 17.6 Å². The number of hydrogen-bond acceptors (Lipinski definition) is 4. The molecule has 0 aliphatic carbocycles. The van der Waals surface area contributed by atoms with E-state index in [4.69, 9.17) is 15.6 Å². The first-order valence-corrected chi connectivity index (χ1v) is 11.1. The molecule has 0 aliphatic heterocycles. The molecule has 6 heteroatoms. The van der Waals surface area contributed by atoms with E-state index in [1.807, 2.05) is 30.3 Å². The van der Waals surface area contributed by atoms with Gasteiger partial charge in [-0.05, 0) is 48.2 Å². The predicted molar refractivity (Wildman–Crippen MR) is 130 cm³/mol. The summed E-state index contributed by atoms with van der Waals surface area (Å²) in [6.45, 7) is 6.98. The quantitative estimate of drug-likeness (QED) is 0.364. The Morgan fingerprint density at radius 3 is 2.55 bits per heavy atom. The standard InChI is InChI=1S/C27H31FN2O3/c1-17(2)15-30-22-12-19(16-33-25-10-5-4-7-20(25)14-26(31)32)11-21(13-22)24-9-6-8-23(18(3)29)27(24)28/h4-13,17-18,30H,14-16,29H2,1-3H3,(H,31,32)/t18-/m1/s1. The summed E-state index contributed by atoms with van der Waals surface area (Å²) in [7, 11) is 0. The Bertz CT molecular complexity index is 1110. The number of nitrogens with one attached hydrogen (secondary N) is 1. The van der Waals surface area contributed by atoms with Gasteiger partial charge in [-0.25, -0.2) is 4.39 Å². The molecular formula is C27H31FN2O3. The summed E-state index contributed by atoms with van der Waals surface area (Å²) in [5.74, 6) is -0.286. The molecule has 3 aromatic rings. The van der Waals surface area contributed by atoms with Gasteiger partial charge in [-0.2, -0.15) is 0 Å². The number of halogens is 1. The summed E-state index contributed by atoms with van der Waals surface area (Å²) in [6, 6.07) is 17.7. The topological polar surface area (TPSA) is 84.6 Å². The Morgan fingerprint density at radius 2 is 1.85 bits per heavy atom. The predicted octanol–water partition coefficient (Wildman–Crippen LogP) is 5.79. The molecule has 0 fully saturated rings. The van der Waals surface area contributed by atoms with Crippen LogP contribution >= 0.6 is 0 Å². The lowest BCUT2D eigenvalue weighted by Crippen LogP contribution is -2.10. The van der Waals surface area contributed by atoms with Crippen molar-refractivity contribution in [3.05, 3.63) is 83.2 Å². The monoisotopic (exact) mass is 450 g/mol. The molecule has 0 amide bonds. The van der Waals surface area contributed by atoms with Gasteiger partial charge in [0.1, 0.15) is 18.2 Å². The highest BCUT2D eigenvalue weighted by molar-refractivity contribution is 5.72. The molecule has 1 atom stereocenters. The molecule has 4 N–H and O–H groups in total. The summed E-state index contributed by atoms with van der Waals surface area (Å²) >= 11 is 0. The smallest absolute Gasteiger partial charge is 0.307 e. The molecule has 0 radical (unpaired) electrons. The molecule has 0 unspecified atom stereocenters. The second-order valence-electron chi connectivity index (χ2n) is 8.66. The van der Waals surface area contributed by atoms with Crippen molar-refractivity contribution in [2.75, 3.05) is 11.9 Å². The first-order chi connectivity index (χ1) is 15.7. The number of ether oxygens (including phenoxy) is 1. The van der Waals surface area contributed by atoms with Gasteiger partial charge in [0, 0.05) is 35.0 Å².